The lowest BCUT2D eigenvalue weighted by Gasteiger charge is -2.30. The van der Waals surface area contributed by atoms with Gasteiger partial charge in [-0.1, -0.05) is 18.2 Å². The Morgan fingerprint density at radius 3 is 2.23 bits per heavy atom. The van der Waals surface area contributed by atoms with Crippen LogP contribution in [0.1, 0.15) is 39.2 Å². The van der Waals surface area contributed by atoms with Gasteiger partial charge in [-0.2, -0.15) is 0 Å². The van der Waals surface area contributed by atoms with Crippen LogP contribution in [0.3, 0.4) is 0 Å². The fourth-order valence-electron chi connectivity index (χ4n) is 3.55. The highest BCUT2D eigenvalue weighted by Gasteiger charge is 2.27. The Hall–Kier alpha value is -3.14. The molecule has 2 amide bonds. The van der Waals surface area contributed by atoms with Gasteiger partial charge in [-0.05, 0) is 57.5 Å². The highest BCUT2D eigenvalue weighted by molar-refractivity contribution is 7.92. The lowest BCUT2D eigenvalue weighted by molar-refractivity contribution is -0.140. The minimum atomic E-state index is -3.60. The average Bonchev–Trinajstić information content (AvgIpc) is 2.79. The molecule has 2 aromatic carbocycles. The maximum Gasteiger partial charge on any atom is 0.242 e. The first-order valence-corrected chi connectivity index (χ1v) is 13.2. The molecule has 192 valence electrons. The first-order chi connectivity index (χ1) is 16.4. The molecule has 2 rings (SSSR count). The third kappa shape index (κ3) is 8.24. The van der Waals surface area contributed by atoms with Gasteiger partial charge in [-0.15, -0.1) is 0 Å². The molecule has 1 atom stereocenters. The molecule has 0 saturated heterocycles. The van der Waals surface area contributed by atoms with Crippen molar-refractivity contribution in [3.05, 3.63) is 59.9 Å². The first-order valence-electron chi connectivity index (χ1n) is 11.4. The minimum absolute atomic E-state index is 0.0179. The molecule has 0 saturated carbocycles. The number of amides is 2. The molecular weight excluding hydrogens is 473 g/mol. The zero-order chi connectivity index (χ0) is 26.2. The van der Waals surface area contributed by atoms with E-state index in [1.165, 1.54) is 22.4 Å². The number of anilines is 1. The lowest BCUT2D eigenvalue weighted by atomic mass is 10.1. The number of nitrogens with one attached hydrogen (secondary N) is 1. The number of hydrogen-bond donors (Lipinski definition) is 1. The molecule has 0 aliphatic rings. The van der Waals surface area contributed by atoms with E-state index in [0.717, 1.165) is 6.26 Å². The lowest BCUT2D eigenvalue weighted by Crippen LogP contribution is -2.49. The summed E-state index contributed by atoms with van der Waals surface area (Å²) in [7, 11) is -2.08. The van der Waals surface area contributed by atoms with E-state index in [-0.39, 0.29) is 43.8 Å². The van der Waals surface area contributed by atoms with Crippen molar-refractivity contribution < 1.29 is 27.1 Å². The molecular formula is C25H34FN3O5S. The molecule has 0 fully saturated rings. The maximum atomic E-state index is 14.3. The molecule has 1 N–H and O–H groups in total. The summed E-state index contributed by atoms with van der Waals surface area (Å²) in [5, 5.41) is 2.78. The van der Waals surface area contributed by atoms with E-state index in [1.54, 1.807) is 49.4 Å². The molecule has 0 aliphatic heterocycles. The van der Waals surface area contributed by atoms with E-state index in [9.17, 15) is 22.4 Å². The summed E-state index contributed by atoms with van der Waals surface area (Å²) in [6.45, 7) is 5.21. The number of carbonyl (C=O) groups is 2. The molecule has 0 radical (unpaired) electrons. The predicted molar refractivity (Wildman–Crippen MR) is 134 cm³/mol. The highest BCUT2D eigenvalue weighted by atomic mass is 32.2. The van der Waals surface area contributed by atoms with Crippen LogP contribution in [0.5, 0.6) is 5.75 Å². The zero-order valence-corrected chi connectivity index (χ0v) is 21.6. The van der Waals surface area contributed by atoms with Crippen LogP contribution in [0, 0.1) is 5.82 Å². The molecule has 8 nitrogen and oxygen atoms in total. The van der Waals surface area contributed by atoms with Crippen LogP contribution in [0.2, 0.25) is 0 Å². The second-order valence-corrected chi connectivity index (χ2v) is 10.5. The second kappa shape index (κ2) is 12.5. The number of carbonyl (C=O) groups excluding carboxylic acids is 2. The van der Waals surface area contributed by atoms with Gasteiger partial charge in [0, 0.05) is 31.1 Å². The monoisotopic (exact) mass is 507 g/mol. The van der Waals surface area contributed by atoms with Gasteiger partial charge in [0.1, 0.15) is 17.6 Å². The molecule has 0 unspecified atom stereocenters. The largest absolute Gasteiger partial charge is 0.497 e. The minimum Gasteiger partial charge on any atom is -0.497 e. The van der Waals surface area contributed by atoms with Gasteiger partial charge in [-0.3, -0.25) is 13.9 Å². The van der Waals surface area contributed by atoms with Gasteiger partial charge < -0.3 is 15.0 Å². The van der Waals surface area contributed by atoms with Crippen molar-refractivity contribution in [2.45, 2.75) is 52.2 Å². The third-order valence-electron chi connectivity index (χ3n) is 5.41. The summed E-state index contributed by atoms with van der Waals surface area (Å²) < 4.78 is 45.4. The Balaban J connectivity index is 2.17. The summed E-state index contributed by atoms with van der Waals surface area (Å²) in [6.07, 6.45) is 1.29. The van der Waals surface area contributed by atoms with Gasteiger partial charge in [0.25, 0.3) is 0 Å². The maximum absolute atomic E-state index is 14.3. The Morgan fingerprint density at radius 2 is 1.69 bits per heavy atom. The smallest absolute Gasteiger partial charge is 0.242 e. The van der Waals surface area contributed by atoms with Crippen LogP contribution >= 0.6 is 0 Å². The van der Waals surface area contributed by atoms with E-state index in [4.69, 9.17) is 4.74 Å². The number of nitrogens with zero attached hydrogens (tertiary/aromatic N) is 2. The summed E-state index contributed by atoms with van der Waals surface area (Å²) in [5.41, 5.74) is 0.745. The van der Waals surface area contributed by atoms with E-state index in [1.807, 2.05) is 13.8 Å². The Bertz CT molecular complexity index is 1110. The van der Waals surface area contributed by atoms with Crippen LogP contribution in [0.15, 0.2) is 48.5 Å². The Morgan fingerprint density at radius 1 is 1.06 bits per heavy atom. The predicted octanol–water partition coefficient (Wildman–Crippen LogP) is 3.32. The number of hydrogen-bond acceptors (Lipinski definition) is 5. The SMILES string of the molecule is COc1ccc(N(CCCC(=O)N(Cc2ccccc2F)[C@@H](C)C(=O)NC(C)C)S(C)(=O)=O)cc1. The highest BCUT2D eigenvalue weighted by Crippen LogP contribution is 2.22. The molecule has 2 aromatic rings. The molecule has 35 heavy (non-hydrogen) atoms. The number of methoxy groups -OCH3 is 1. The van der Waals surface area contributed by atoms with Crippen LogP contribution < -0.4 is 14.4 Å². The van der Waals surface area contributed by atoms with Crippen LogP contribution in [-0.2, 0) is 26.2 Å². The van der Waals surface area contributed by atoms with Crippen molar-refractivity contribution in [2.75, 3.05) is 24.2 Å². The normalized spacial score (nSPS) is 12.2. The first kappa shape index (κ1) is 28.1. The van der Waals surface area contributed by atoms with Crippen molar-refractivity contribution in [1.82, 2.24) is 10.2 Å². The fourth-order valence-corrected chi connectivity index (χ4v) is 4.52. The Kier molecular flexibility index (Phi) is 10.1. The molecule has 0 bridgehead atoms. The second-order valence-electron chi connectivity index (χ2n) is 8.59. The van der Waals surface area contributed by atoms with Crippen molar-refractivity contribution in [3.8, 4) is 5.75 Å². The topological polar surface area (TPSA) is 96.0 Å². The molecule has 0 aliphatic carbocycles. The number of rotatable bonds is 12. The summed E-state index contributed by atoms with van der Waals surface area (Å²) in [6, 6.07) is 11.7. The standard InChI is InChI=1S/C25H34FN3O5S/c1-18(2)27-25(31)19(3)28(17-20-9-6-7-10-23(20)26)24(30)11-8-16-29(35(5,32)33)21-12-14-22(34-4)15-13-21/h6-7,9-10,12-15,18-19H,8,11,16-17H2,1-5H3,(H,27,31)/t19-/m0/s1. The summed E-state index contributed by atoms with van der Waals surface area (Å²) in [4.78, 5) is 27.1. The fraction of sp³-hybridized carbons (Fsp3) is 0.440. The van der Waals surface area contributed by atoms with Gasteiger partial charge in [-0.25, -0.2) is 12.8 Å². The van der Waals surface area contributed by atoms with Gasteiger partial charge >= 0.3 is 0 Å². The van der Waals surface area contributed by atoms with Crippen LogP contribution in [0.4, 0.5) is 10.1 Å². The van der Waals surface area contributed by atoms with E-state index in [2.05, 4.69) is 5.32 Å². The van der Waals surface area contributed by atoms with Gasteiger partial charge in [0.15, 0.2) is 0 Å². The van der Waals surface area contributed by atoms with Crippen molar-refractivity contribution in [1.29, 1.82) is 0 Å². The van der Waals surface area contributed by atoms with E-state index < -0.39 is 21.9 Å². The van der Waals surface area contributed by atoms with Crippen molar-refractivity contribution in [2.24, 2.45) is 0 Å². The zero-order valence-electron chi connectivity index (χ0n) is 20.8. The number of sulfonamides is 1. The third-order valence-corrected chi connectivity index (χ3v) is 6.60. The quantitative estimate of drug-likeness (QED) is 0.476. The van der Waals surface area contributed by atoms with Gasteiger partial charge in [0.2, 0.25) is 21.8 Å². The van der Waals surface area contributed by atoms with E-state index in [0.29, 0.717) is 17.0 Å². The number of ether oxygens (including phenoxy) is 1. The number of benzene rings is 2. The summed E-state index contributed by atoms with van der Waals surface area (Å²) in [5.74, 6) is -0.595. The summed E-state index contributed by atoms with van der Waals surface area (Å²) >= 11 is 0. The molecule has 0 heterocycles. The molecule has 10 heteroatoms. The van der Waals surface area contributed by atoms with Crippen molar-refractivity contribution in [3.63, 3.8) is 0 Å². The van der Waals surface area contributed by atoms with E-state index >= 15 is 0 Å². The molecule has 0 spiro atoms. The number of halogens is 1. The van der Waals surface area contributed by atoms with Crippen LogP contribution in [0.25, 0.3) is 0 Å². The van der Waals surface area contributed by atoms with Gasteiger partial charge in [0.05, 0.1) is 19.1 Å². The molecule has 0 aromatic heterocycles. The van der Waals surface area contributed by atoms with Crippen molar-refractivity contribution >= 4 is 27.5 Å². The average molecular weight is 508 g/mol. The van der Waals surface area contributed by atoms with Crippen LogP contribution in [-0.4, -0.2) is 57.1 Å². The Labute approximate surface area is 207 Å².